The summed E-state index contributed by atoms with van der Waals surface area (Å²) in [5.41, 5.74) is 0.0993. The molecule has 0 radical (unpaired) electrons. The van der Waals surface area contributed by atoms with Crippen LogP contribution in [0.3, 0.4) is 0 Å². The van der Waals surface area contributed by atoms with Gasteiger partial charge in [0.1, 0.15) is 17.4 Å². The molecule has 0 aliphatic heterocycles. The third kappa shape index (κ3) is 2.27. The molecule has 0 amide bonds. The molecular formula is C12H6BrFN2O. The highest BCUT2D eigenvalue weighted by molar-refractivity contribution is 9.10. The van der Waals surface area contributed by atoms with Gasteiger partial charge >= 0.3 is 0 Å². The molecule has 3 nitrogen and oxygen atoms in total. The smallest absolute Gasteiger partial charge is 0.266 e. The molecule has 1 heterocycles. The van der Waals surface area contributed by atoms with Crippen molar-refractivity contribution in [1.82, 2.24) is 4.98 Å². The molecule has 2 rings (SSSR count). The van der Waals surface area contributed by atoms with E-state index in [-0.39, 0.29) is 11.1 Å². The van der Waals surface area contributed by atoms with E-state index in [0.717, 1.165) is 0 Å². The van der Waals surface area contributed by atoms with Crippen LogP contribution < -0.4 is 5.56 Å². The number of benzene rings is 1. The van der Waals surface area contributed by atoms with Gasteiger partial charge in [-0.1, -0.05) is 15.9 Å². The monoisotopic (exact) mass is 292 g/mol. The molecule has 17 heavy (non-hydrogen) atoms. The predicted molar refractivity (Wildman–Crippen MR) is 64.9 cm³/mol. The van der Waals surface area contributed by atoms with Crippen LogP contribution in [0.4, 0.5) is 4.39 Å². The van der Waals surface area contributed by atoms with Crippen LogP contribution in [0.25, 0.3) is 11.3 Å². The average molecular weight is 293 g/mol. The molecule has 0 fully saturated rings. The van der Waals surface area contributed by atoms with Crippen LogP contribution in [0.1, 0.15) is 5.56 Å². The van der Waals surface area contributed by atoms with Crippen LogP contribution in [-0.4, -0.2) is 4.98 Å². The number of halogens is 2. The summed E-state index contributed by atoms with van der Waals surface area (Å²) < 4.78 is 14.3. The van der Waals surface area contributed by atoms with Crippen LogP contribution in [0.15, 0.2) is 39.6 Å². The molecule has 2 aromatic rings. The highest BCUT2D eigenvalue weighted by Crippen LogP contribution is 2.23. The first-order valence-electron chi connectivity index (χ1n) is 4.70. The Hall–Kier alpha value is -1.93. The zero-order valence-corrected chi connectivity index (χ0v) is 10.1. The van der Waals surface area contributed by atoms with E-state index in [1.807, 2.05) is 0 Å². The average Bonchev–Trinajstić information content (AvgIpc) is 2.32. The van der Waals surface area contributed by atoms with Crippen LogP contribution >= 0.6 is 15.9 Å². The maximum absolute atomic E-state index is 13.6. The first-order valence-corrected chi connectivity index (χ1v) is 5.50. The van der Waals surface area contributed by atoms with Crippen molar-refractivity contribution in [2.45, 2.75) is 0 Å². The number of nitriles is 1. The molecule has 0 atom stereocenters. The van der Waals surface area contributed by atoms with Gasteiger partial charge in [-0.25, -0.2) is 4.39 Å². The maximum atomic E-state index is 13.6. The molecular weight excluding hydrogens is 287 g/mol. The Morgan fingerprint density at radius 2 is 2.06 bits per heavy atom. The van der Waals surface area contributed by atoms with Crippen LogP contribution in [0.5, 0.6) is 0 Å². The number of hydrogen-bond acceptors (Lipinski definition) is 2. The van der Waals surface area contributed by atoms with Crippen LogP contribution in [0, 0.1) is 17.1 Å². The molecule has 0 spiro atoms. The van der Waals surface area contributed by atoms with Gasteiger partial charge in [-0.15, -0.1) is 0 Å². The number of hydrogen-bond donors (Lipinski definition) is 1. The summed E-state index contributed by atoms with van der Waals surface area (Å²) in [6, 6.07) is 9.06. The Morgan fingerprint density at radius 1 is 1.29 bits per heavy atom. The van der Waals surface area contributed by atoms with Crippen molar-refractivity contribution in [2.24, 2.45) is 0 Å². The predicted octanol–water partition coefficient (Wildman–Crippen LogP) is 2.82. The SMILES string of the molecule is N#Cc1ccc(-c2cc(Br)ccc2F)[nH]c1=O. The molecule has 0 aliphatic rings. The molecule has 0 aliphatic carbocycles. The largest absolute Gasteiger partial charge is 0.321 e. The number of nitrogens with zero attached hydrogens (tertiary/aromatic N) is 1. The molecule has 1 N–H and O–H groups in total. The second-order valence-corrected chi connectivity index (χ2v) is 4.27. The molecule has 0 saturated heterocycles. The van der Waals surface area contributed by atoms with Crippen molar-refractivity contribution in [3.05, 3.63) is 56.5 Å². The minimum Gasteiger partial charge on any atom is -0.321 e. The molecule has 1 aromatic heterocycles. The first kappa shape index (κ1) is 11.6. The zero-order chi connectivity index (χ0) is 12.4. The van der Waals surface area contributed by atoms with Gasteiger partial charge < -0.3 is 4.98 Å². The van der Waals surface area contributed by atoms with E-state index in [1.54, 1.807) is 18.2 Å². The number of nitrogens with one attached hydrogen (secondary N) is 1. The van der Waals surface area contributed by atoms with Gasteiger partial charge in [0.25, 0.3) is 5.56 Å². The van der Waals surface area contributed by atoms with Gasteiger partial charge in [0.05, 0.1) is 5.69 Å². The van der Waals surface area contributed by atoms with Gasteiger partial charge in [-0.2, -0.15) is 5.26 Å². The lowest BCUT2D eigenvalue weighted by Gasteiger charge is -2.04. The van der Waals surface area contributed by atoms with Crippen LogP contribution in [0.2, 0.25) is 0 Å². The van der Waals surface area contributed by atoms with Gasteiger partial charge in [-0.3, -0.25) is 4.79 Å². The van der Waals surface area contributed by atoms with Crippen molar-refractivity contribution >= 4 is 15.9 Å². The molecule has 0 bridgehead atoms. The van der Waals surface area contributed by atoms with E-state index in [9.17, 15) is 9.18 Å². The Labute approximate surface area is 105 Å². The summed E-state index contributed by atoms with van der Waals surface area (Å²) in [6.07, 6.45) is 0. The highest BCUT2D eigenvalue weighted by atomic mass is 79.9. The van der Waals surface area contributed by atoms with Gasteiger partial charge in [0.15, 0.2) is 0 Å². The quantitative estimate of drug-likeness (QED) is 0.879. The summed E-state index contributed by atoms with van der Waals surface area (Å²) >= 11 is 3.23. The second-order valence-electron chi connectivity index (χ2n) is 3.35. The van der Waals surface area contributed by atoms with E-state index >= 15 is 0 Å². The third-order valence-corrected chi connectivity index (χ3v) is 2.74. The summed E-state index contributed by atoms with van der Waals surface area (Å²) in [5, 5.41) is 8.63. The lowest BCUT2D eigenvalue weighted by Crippen LogP contribution is -2.10. The Morgan fingerprint density at radius 3 is 2.71 bits per heavy atom. The van der Waals surface area contributed by atoms with E-state index < -0.39 is 11.4 Å². The minimum absolute atomic E-state index is 0.00385. The van der Waals surface area contributed by atoms with E-state index in [4.69, 9.17) is 5.26 Å². The Balaban J connectivity index is 2.62. The molecule has 1 aromatic carbocycles. The van der Waals surface area contributed by atoms with Gasteiger partial charge in [0, 0.05) is 10.0 Å². The van der Waals surface area contributed by atoms with Crippen molar-refractivity contribution in [3.8, 4) is 17.3 Å². The lowest BCUT2D eigenvalue weighted by atomic mass is 10.1. The van der Waals surface area contributed by atoms with Crippen LogP contribution in [-0.2, 0) is 0 Å². The number of H-pyrrole nitrogens is 1. The minimum atomic E-state index is -0.524. The summed E-state index contributed by atoms with van der Waals surface area (Å²) in [6.45, 7) is 0. The van der Waals surface area contributed by atoms with E-state index in [2.05, 4.69) is 20.9 Å². The molecule has 0 unspecified atom stereocenters. The fraction of sp³-hybridized carbons (Fsp3) is 0. The second kappa shape index (κ2) is 4.52. The first-order chi connectivity index (χ1) is 8.11. The summed E-state index contributed by atoms with van der Waals surface area (Å²) in [7, 11) is 0. The number of aromatic nitrogens is 1. The van der Waals surface area contributed by atoms with Crippen molar-refractivity contribution < 1.29 is 4.39 Å². The number of pyridine rings is 1. The summed E-state index contributed by atoms with van der Waals surface area (Å²) in [5.74, 6) is -0.437. The fourth-order valence-electron chi connectivity index (χ4n) is 1.42. The van der Waals surface area contributed by atoms with Crippen molar-refractivity contribution in [2.75, 3.05) is 0 Å². The third-order valence-electron chi connectivity index (χ3n) is 2.25. The summed E-state index contributed by atoms with van der Waals surface area (Å²) in [4.78, 5) is 13.9. The van der Waals surface area contributed by atoms with Crippen molar-refractivity contribution in [3.63, 3.8) is 0 Å². The zero-order valence-electron chi connectivity index (χ0n) is 8.50. The lowest BCUT2D eigenvalue weighted by molar-refractivity contribution is 0.630. The normalized spacial score (nSPS) is 9.94. The molecule has 5 heteroatoms. The number of rotatable bonds is 1. The van der Waals surface area contributed by atoms with E-state index in [1.165, 1.54) is 18.2 Å². The maximum Gasteiger partial charge on any atom is 0.266 e. The molecule has 84 valence electrons. The number of aromatic amines is 1. The highest BCUT2D eigenvalue weighted by Gasteiger charge is 2.08. The fourth-order valence-corrected chi connectivity index (χ4v) is 1.78. The Kier molecular flexibility index (Phi) is 3.07. The van der Waals surface area contributed by atoms with Crippen molar-refractivity contribution in [1.29, 1.82) is 5.26 Å². The molecule has 0 saturated carbocycles. The Bertz CT molecular complexity index is 673. The topological polar surface area (TPSA) is 56.6 Å². The van der Waals surface area contributed by atoms with E-state index in [0.29, 0.717) is 10.2 Å². The van der Waals surface area contributed by atoms with Gasteiger partial charge in [-0.05, 0) is 30.3 Å². The van der Waals surface area contributed by atoms with Gasteiger partial charge in [0.2, 0.25) is 0 Å². The standard InChI is InChI=1S/C12H6BrFN2O/c13-8-2-3-10(14)9(5-8)11-4-1-7(6-15)12(17)16-11/h1-5H,(H,16,17).